The van der Waals surface area contributed by atoms with Crippen LogP contribution >= 0.6 is 0 Å². The zero-order chi connectivity index (χ0) is 20.4. The van der Waals surface area contributed by atoms with Crippen molar-refractivity contribution >= 4 is 17.3 Å². The molecule has 2 aromatic rings. The van der Waals surface area contributed by atoms with Crippen LogP contribution in [0.25, 0.3) is 0 Å². The van der Waals surface area contributed by atoms with Crippen molar-refractivity contribution in [2.45, 2.75) is 45.4 Å². The number of ketones is 2. The molecule has 5 heteroatoms. The van der Waals surface area contributed by atoms with Crippen molar-refractivity contribution in [1.29, 1.82) is 0 Å². The molecule has 2 N–H and O–H groups in total. The zero-order valence-electron chi connectivity index (χ0n) is 16.5. The van der Waals surface area contributed by atoms with Crippen LogP contribution in [0.15, 0.2) is 48.5 Å². The molecule has 0 bridgehead atoms. The van der Waals surface area contributed by atoms with Gasteiger partial charge in [0, 0.05) is 30.4 Å². The zero-order valence-corrected chi connectivity index (χ0v) is 16.5. The molecule has 0 spiro atoms. The molecule has 0 aromatic heterocycles. The van der Waals surface area contributed by atoms with Crippen LogP contribution in [-0.2, 0) is 6.54 Å². The molecule has 0 unspecified atom stereocenters. The van der Waals surface area contributed by atoms with Crippen LogP contribution in [0.4, 0.5) is 5.69 Å². The predicted octanol–water partition coefficient (Wildman–Crippen LogP) is 3.23. The summed E-state index contributed by atoms with van der Waals surface area (Å²) in [7, 11) is 1.93. The van der Waals surface area contributed by atoms with Crippen molar-refractivity contribution in [1.82, 2.24) is 0 Å². The summed E-state index contributed by atoms with van der Waals surface area (Å²) in [6.45, 7) is 6.52. The summed E-state index contributed by atoms with van der Waals surface area (Å²) >= 11 is 0. The average molecular weight is 369 g/mol. The van der Waals surface area contributed by atoms with Gasteiger partial charge in [0.25, 0.3) is 0 Å². The molecule has 0 aliphatic carbocycles. The highest BCUT2D eigenvalue weighted by molar-refractivity contribution is 6.02. The van der Waals surface area contributed by atoms with Gasteiger partial charge in [0.2, 0.25) is 0 Å². The molecule has 2 aromatic carbocycles. The van der Waals surface area contributed by atoms with Crippen molar-refractivity contribution in [3.63, 3.8) is 0 Å². The van der Waals surface area contributed by atoms with E-state index in [0.29, 0.717) is 17.7 Å². The second-order valence-electron chi connectivity index (χ2n) is 7.88. The molecule has 0 heterocycles. The number of aliphatic hydroxyl groups is 2. The van der Waals surface area contributed by atoms with Crippen LogP contribution in [0.1, 0.15) is 54.0 Å². The Kier molecular flexibility index (Phi) is 5.88. The largest absolute Gasteiger partial charge is 0.382 e. The van der Waals surface area contributed by atoms with E-state index in [0.717, 1.165) is 11.3 Å². The molecule has 144 valence electrons. The van der Waals surface area contributed by atoms with Crippen LogP contribution < -0.4 is 4.90 Å². The summed E-state index contributed by atoms with van der Waals surface area (Å²) in [5.41, 5.74) is 0.106. The van der Waals surface area contributed by atoms with Crippen LogP contribution in [0.2, 0.25) is 0 Å². The highest BCUT2D eigenvalue weighted by atomic mass is 16.3. The number of nitrogens with zero attached hydrogens (tertiary/aromatic N) is 1. The van der Waals surface area contributed by atoms with Gasteiger partial charge in [-0.05, 0) is 57.5 Å². The Bertz CT molecular complexity index is 809. The van der Waals surface area contributed by atoms with E-state index in [4.69, 9.17) is 0 Å². The number of Topliss-reactive ketones (excluding diaryl/α,β-unsaturated/α-hetero) is 2. The lowest BCUT2D eigenvalue weighted by molar-refractivity contribution is 0.0487. The van der Waals surface area contributed by atoms with Crippen molar-refractivity contribution in [2.24, 2.45) is 0 Å². The molecule has 0 atom stereocenters. The number of carbonyl (C=O) groups is 2. The number of benzene rings is 2. The average Bonchev–Trinajstić information content (AvgIpc) is 2.59. The Morgan fingerprint density at radius 3 is 1.52 bits per heavy atom. The van der Waals surface area contributed by atoms with Gasteiger partial charge < -0.3 is 15.1 Å². The van der Waals surface area contributed by atoms with Gasteiger partial charge in [0.05, 0.1) is 0 Å². The number of hydrogen-bond donors (Lipinski definition) is 2. The molecule has 0 amide bonds. The molecule has 27 heavy (non-hydrogen) atoms. The number of hydrogen-bond acceptors (Lipinski definition) is 5. The van der Waals surface area contributed by atoms with E-state index in [2.05, 4.69) is 0 Å². The molecule has 5 nitrogen and oxygen atoms in total. The fourth-order valence-electron chi connectivity index (χ4n) is 2.70. The van der Waals surface area contributed by atoms with Crippen molar-refractivity contribution in [3.8, 4) is 0 Å². The Morgan fingerprint density at radius 1 is 0.778 bits per heavy atom. The molecular formula is C22H27NO4. The summed E-state index contributed by atoms with van der Waals surface area (Å²) in [4.78, 5) is 26.2. The number of anilines is 1. The Balaban J connectivity index is 2.08. The van der Waals surface area contributed by atoms with Gasteiger partial charge in [-0.2, -0.15) is 0 Å². The molecule has 0 aliphatic rings. The first-order valence-corrected chi connectivity index (χ1v) is 8.84. The second-order valence-corrected chi connectivity index (χ2v) is 7.88. The molecule has 2 rings (SSSR count). The van der Waals surface area contributed by atoms with Crippen LogP contribution in [0.3, 0.4) is 0 Å². The van der Waals surface area contributed by atoms with E-state index in [1.807, 2.05) is 36.2 Å². The lowest BCUT2D eigenvalue weighted by Gasteiger charge is -2.21. The first-order valence-electron chi connectivity index (χ1n) is 8.84. The topological polar surface area (TPSA) is 77.8 Å². The van der Waals surface area contributed by atoms with E-state index >= 15 is 0 Å². The molecule has 0 saturated carbocycles. The first kappa shape index (κ1) is 20.8. The third-order valence-corrected chi connectivity index (χ3v) is 4.32. The van der Waals surface area contributed by atoms with Crippen molar-refractivity contribution < 1.29 is 19.8 Å². The summed E-state index contributed by atoms with van der Waals surface area (Å²) < 4.78 is 0. The minimum absolute atomic E-state index is 0.311. The summed E-state index contributed by atoms with van der Waals surface area (Å²) in [5.74, 6) is -0.627. The monoisotopic (exact) mass is 369 g/mol. The van der Waals surface area contributed by atoms with E-state index in [9.17, 15) is 19.8 Å². The van der Waals surface area contributed by atoms with Crippen molar-refractivity contribution in [2.75, 3.05) is 11.9 Å². The van der Waals surface area contributed by atoms with Gasteiger partial charge in [-0.15, -0.1) is 0 Å². The molecule has 0 fully saturated rings. The lowest BCUT2D eigenvalue weighted by atomic mass is 9.96. The van der Waals surface area contributed by atoms with E-state index in [1.54, 1.807) is 24.3 Å². The molecule has 0 saturated heterocycles. The Hall–Kier alpha value is -2.50. The highest BCUT2D eigenvalue weighted by Gasteiger charge is 2.26. The minimum Gasteiger partial charge on any atom is -0.382 e. The van der Waals surface area contributed by atoms with Crippen LogP contribution in [0, 0.1) is 0 Å². The van der Waals surface area contributed by atoms with Gasteiger partial charge in [-0.1, -0.05) is 24.3 Å². The smallest absolute Gasteiger partial charge is 0.193 e. The van der Waals surface area contributed by atoms with Crippen molar-refractivity contribution in [3.05, 3.63) is 65.2 Å². The number of carbonyl (C=O) groups excluding carboxylic acids is 2. The van der Waals surface area contributed by atoms with E-state index in [1.165, 1.54) is 27.7 Å². The van der Waals surface area contributed by atoms with Gasteiger partial charge in [0.1, 0.15) is 11.2 Å². The van der Waals surface area contributed by atoms with Gasteiger partial charge >= 0.3 is 0 Å². The second kappa shape index (κ2) is 7.62. The maximum absolute atomic E-state index is 12.1. The standard InChI is InChI=1S/C22H27NO4/c1-21(2,26)19(24)16-8-6-15(7-9-16)14-23(5)18-12-10-17(11-13-18)20(25)22(3,4)27/h6-13,26-27H,14H2,1-5H3. The van der Waals surface area contributed by atoms with Crippen LogP contribution in [-0.4, -0.2) is 40.0 Å². The maximum atomic E-state index is 12.1. The summed E-state index contributed by atoms with van der Waals surface area (Å²) in [6, 6.07) is 14.2. The SMILES string of the molecule is CN(Cc1ccc(C(=O)C(C)(C)O)cc1)c1ccc(C(=O)C(C)(C)O)cc1. The van der Waals surface area contributed by atoms with E-state index in [-0.39, 0.29) is 11.6 Å². The quantitative estimate of drug-likeness (QED) is 0.733. The maximum Gasteiger partial charge on any atom is 0.193 e. The third-order valence-electron chi connectivity index (χ3n) is 4.32. The minimum atomic E-state index is -1.39. The predicted molar refractivity (Wildman–Crippen MR) is 106 cm³/mol. The van der Waals surface area contributed by atoms with Gasteiger partial charge in [-0.3, -0.25) is 9.59 Å². The van der Waals surface area contributed by atoms with E-state index < -0.39 is 11.2 Å². The summed E-state index contributed by atoms with van der Waals surface area (Å²) in [5, 5.41) is 19.6. The normalized spacial score (nSPS) is 12.0. The molecule has 0 radical (unpaired) electrons. The van der Waals surface area contributed by atoms with Crippen LogP contribution in [0.5, 0.6) is 0 Å². The first-order chi connectivity index (χ1) is 12.4. The third kappa shape index (κ3) is 5.25. The molecular weight excluding hydrogens is 342 g/mol. The van der Waals surface area contributed by atoms with Gasteiger partial charge in [-0.25, -0.2) is 0 Å². The fraction of sp³-hybridized carbons (Fsp3) is 0.364. The lowest BCUT2D eigenvalue weighted by Crippen LogP contribution is -2.31. The molecule has 0 aliphatic heterocycles. The number of rotatable bonds is 7. The van der Waals surface area contributed by atoms with Gasteiger partial charge in [0.15, 0.2) is 11.6 Å². The fourth-order valence-corrected chi connectivity index (χ4v) is 2.70. The Morgan fingerprint density at radius 2 is 1.15 bits per heavy atom. The summed E-state index contributed by atoms with van der Waals surface area (Å²) in [6.07, 6.45) is 0. The Labute approximate surface area is 160 Å². The highest BCUT2D eigenvalue weighted by Crippen LogP contribution is 2.20.